The van der Waals surface area contributed by atoms with Crippen LogP contribution >= 0.6 is 15.9 Å². The van der Waals surface area contributed by atoms with Crippen LogP contribution in [0.3, 0.4) is 0 Å². The van der Waals surface area contributed by atoms with Crippen molar-refractivity contribution in [1.82, 2.24) is 5.32 Å². The van der Waals surface area contributed by atoms with Gasteiger partial charge in [0.15, 0.2) is 0 Å². The van der Waals surface area contributed by atoms with Gasteiger partial charge in [-0.1, -0.05) is 40.9 Å². The highest BCUT2D eigenvalue weighted by Gasteiger charge is 2.24. The second-order valence-electron chi connectivity index (χ2n) is 5.75. The van der Waals surface area contributed by atoms with E-state index >= 15 is 0 Å². The Kier molecular flexibility index (Phi) is 5.61. The Labute approximate surface area is 129 Å². The normalized spacial score (nSPS) is 24.1. The molecule has 1 fully saturated rings. The predicted molar refractivity (Wildman–Crippen MR) is 85.3 cm³/mol. The van der Waals surface area contributed by atoms with Gasteiger partial charge in [-0.05, 0) is 43.4 Å². The molecule has 1 amide bonds. The number of carbonyl (C=O) groups excluding carboxylic acids is 1. The van der Waals surface area contributed by atoms with Gasteiger partial charge >= 0.3 is 0 Å². The Hall–Kier alpha value is -0.870. The molecule has 3 N–H and O–H groups in total. The lowest BCUT2D eigenvalue weighted by molar-refractivity contribution is -0.123. The van der Waals surface area contributed by atoms with Crippen molar-refractivity contribution in [3.8, 4) is 0 Å². The molecular formula is C16H23BrN2O. The van der Waals surface area contributed by atoms with Crippen molar-refractivity contribution in [2.75, 3.05) is 0 Å². The number of carbonyl (C=O) groups is 1. The maximum Gasteiger partial charge on any atom is 0.220 e. The van der Waals surface area contributed by atoms with Crippen molar-refractivity contribution < 1.29 is 4.79 Å². The summed E-state index contributed by atoms with van der Waals surface area (Å²) >= 11 is 3.42. The summed E-state index contributed by atoms with van der Waals surface area (Å²) in [6.07, 6.45) is 5.10. The van der Waals surface area contributed by atoms with Crippen LogP contribution in [0.2, 0.25) is 0 Å². The van der Waals surface area contributed by atoms with E-state index in [0.29, 0.717) is 12.3 Å². The highest BCUT2D eigenvalue weighted by molar-refractivity contribution is 9.10. The molecular weight excluding hydrogens is 316 g/mol. The summed E-state index contributed by atoms with van der Waals surface area (Å²) in [7, 11) is 0. The zero-order valence-corrected chi connectivity index (χ0v) is 13.5. The third kappa shape index (κ3) is 4.32. The van der Waals surface area contributed by atoms with Crippen molar-refractivity contribution in [3.05, 3.63) is 34.3 Å². The molecule has 1 aromatic rings. The predicted octanol–water partition coefficient (Wildman–Crippen LogP) is 3.53. The van der Waals surface area contributed by atoms with Crippen molar-refractivity contribution in [2.45, 2.75) is 51.1 Å². The van der Waals surface area contributed by atoms with Crippen molar-refractivity contribution in [3.63, 3.8) is 0 Å². The summed E-state index contributed by atoms with van der Waals surface area (Å²) in [5.74, 6) is 0.462. The second kappa shape index (κ2) is 7.23. The first-order valence-electron chi connectivity index (χ1n) is 7.36. The van der Waals surface area contributed by atoms with Gasteiger partial charge in [0.2, 0.25) is 5.91 Å². The van der Waals surface area contributed by atoms with Crippen LogP contribution in [-0.4, -0.2) is 11.9 Å². The minimum Gasteiger partial charge on any atom is -0.350 e. The molecule has 3 nitrogen and oxygen atoms in total. The fraction of sp³-hybridized carbons (Fsp3) is 0.562. The van der Waals surface area contributed by atoms with Crippen molar-refractivity contribution >= 4 is 21.8 Å². The molecule has 3 unspecified atom stereocenters. The molecule has 0 saturated heterocycles. The lowest BCUT2D eigenvalue weighted by atomic mass is 9.83. The maximum absolute atomic E-state index is 12.1. The van der Waals surface area contributed by atoms with E-state index < -0.39 is 0 Å². The van der Waals surface area contributed by atoms with Crippen LogP contribution in [0.5, 0.6) is 0 Å². The average Bonchev–Trinajstić information content (AvgIpc) is 2.42. The largest absolute Gasteiger partial charge is 0.350 e. The molecule has 0 heterocycles. The number of amides is 1. The summed E-state index contributed by atoms with van der Waals surface area (Å²) in [6, 6.07) is 8.28. The molecule has 2 rings (SSSR count). The van der Waals surface area contributed by atoms with E-state index in [2.05, 4.69) is 21.2 Å². The number of rotatable bonds is 4. The standard InChI is InChI=1S/C16H23BrN2O/c1-11(12-6-8-14(17)9-7-12)19-16(20)10-13-4-2-3-5-15(13)18/h6-9,11,13,15H,2-5,10,18H2,1H3,(H,19,20). The molecule has 1 aliphatic carbocycles. The zero-order chi connectivity index (χ0) is 14.5. The number of halogens is 1. The van der Waals surface area contributed by atoms with Gasteiger partial charge < -0.3 is 11.1 Å². The first-order chi connectivity index (χ1) is 9.56. The molecule has 0 aliphatic heterocycles. The van der Waals surface area contributed by atoms with Gasteiger partial charge in [-0.15, -0.1) is 0 Å². The van der Waals surface area contributed by atoms with E-state index in [1.807, 2.05) is 31.2 Å². The first kappa shape index (κ1) is 15.5. The molecule has 110 valence electrons. The van der Waals surface area contributed by atoms with Crippen molar-refractivity contribution in [1.29, 1.82) is 0 Å². The summed E-state index contributed by atoms with van der Waals surface area (Å²) in [4.78, 5) is 12.1. The molecule has 1 aromatic carbocycles. The van der Waals surface area contributed by atoms with Gasteiger partial charge in [0, 0.05) is 16.9 Å². The van der Waals surface area contributed by atoms with E-state index in [0.717, 1.165) is 22.9 Å². The van der Waals surface area contributed by atoms with Crippen LogP contribution in [0.15, 0.2) is 28.7 Å². The quantitative estimate of drug-likeness (QED) is 0.882. The van der Waals surface area contributed by atoms with E-state index in [9.17, 15) is 4.79 Å². The highest BCUT2D eigenvalue weighted by Crippen LogP contribution is 2.26. The molecule has 1 aliphatic rings. The van der Waals surface area contributed by atoms with Gasteiger partial charge in [-0.3, -0.25) is 4.79 Å². The van der Waals surface area contributed by atoms with Crippen LogP contribution < -0.4 is 11.1 Å². The molecule has 4 heteroatoms. The zero-order valence-electron chi connectivity index (χ0n) is 11.9. The molecule has 20 heavy (non-hydrogen) atoms. The Morgan fingerprint density at radius 2 is 2.00 bits per heavy atom. The van der Waals surface area contributed by atoms with Crippen molar-refractivity contribution in [2.24, 2.45) is 11.7 Å². The maximum atomic E-state index is 12.1. The number of nitrogens with two attached hydrogens (primary N) is 1. The molecule has 0 aromatic heterocycles. The summed E-state index contributed by atoms with van der Waals surface area (Å²) in [5, 5.41) is 3.07. The number of nitrogens with one attached hydrogen (secondary N) is 1. The smallest absolute Gasteiger partial charge is 0.220 e. The minimum atomic E-state index is 0.0374. The van der Waals surface area contributed by atoms with Crippen LogP contribution in [-0.2, 0) is 4.79 Å². The Bertz CT molecular complexity index is 446. The Morgan fingerprint density at radius 3 is 2.65 bits per heavy atom. The lowest BCUT2D eigenvalue weighted by Gasteiger charge is -2.28. The molecule has 1 saturated carbocycles. The van der Waals surface area contributed by atoms with E-state index in [1.165, 1.54) is 12.8 Å². The van der Waals surface area contributed by atoms with Crippen LogP contribution in [0.25, 0.3) is 0 Å². The van der Waals surface area contributed by atoms with Crippen LogP contribution in [0.4, 0.5) is 0 Å². The SMILES string of the molecule is CC(NC(=O)CC1CCCCC1N)c1ccc(Br)cc1. The third-order valence-corrected chi connectivity index (χ3v) is 4.69. The van der Waals surface area contributed by atoms with Crippen LogP contribution in [0, 0.1) is 5.92 Å². The number of hydrogen-bond donors (Lipinski definition) is 2. The fourth-order valence-corrected chi connectivity index (χ4v) is 3.13. The summed E-state index contributed by atoms with van der Waals surface area (Å²) in [5.41, 5.74) is 7.22. The number of hydrogen-bond acceptors (Lipinski definition) is 2. The summed E-state index contributed by atoms with van der Waals surface area (Å²) in [6.45, 7) is 2.02. The number of benzene rings is 1. The first-order valence-corrected chi connectivity index (χ1v) is 8.16. The summed E-state index contributed by atoms with van der Waals surface area (Å²) < 4.78 is 1.05. The second-order valence-corrected chi connectivity index (χ2v) is 6.67. The molecule has 3 atom stereocenters. The van der Waals surface area contributed by atoms with E-state index in [-0.39, 0.29) is 18.0 Å². The van der Waals surface area contributed by atoms with Crippen LogP contribution in [0.1, 0.15) is 50.6 Å². The molecule has 0 radical (unpaired) electrons. The minimum absolute atomic E-state index is 0.0374. The van der Waals surface area contributed by atoms with E-state index in [1.54, 1.807) is 0 Å². The monoisotopic (exact) mass is 338 g/mol. The lowest BCUT2D eigenvalue weighted by Crippen LogP contribution is -2.37. The van der Waals surface area contributed by atoms with Gasteiger partial charge in [-0.25, -0.2) is 0 Å². The fourth-order valence-electron chi connectivity index (χ4n) is 2.86. The van der Waals surface area contributed by atoms with E-state index in [4.69, 9.17) is 5.73 Å². The Morgan fingerprint density at radius 1 is 1.35 bits per heavy atom. The molecule has 0 bridgehead atoms. The van der Waals surface area contributed by atoms with Gasteiger partial charge in [0.05, 0.1) is 6.04 Å². The highest BCUT2D eigenvalue weighted by atomic mass is 79.9. The van der Waals surface area contributed by atoms with Gasteiger partial charge in [0.1, 0.15) is 0 Å². The third-order valence-electron chi connectivity index (χ3n) is 4.16. The van der Waals surface area contributed by atoms with Gasteiger partial charge in [0.25, 0.3) is 0 Å². The molecule has 0 spiro atoms. The van der Waals surface area contributed by atoms with Gasteiger partial charge in [-0.2, -0.15) is 0 Å². The average molecular weight is 339 g/mol. The Balaban J connectivity index is 1.85. The topological polar surface area (TPSA) is 55.1 Å².